The van der Waals surface area contributed by atoms with Crippen molar-refractivity contribution >= 4 is 31.6 Å². The first-order valence-electron chi connectivity index (χ1n) is 5.58. The number of hydrogen-bond donors (Lipinski definition) is 1. The summed E-state index contributed by atoms with van der Waals surface area (Å²) in [6.45, 7) is 3.05. The van der Waals surface area contributed by atoms with Crippen LogP contribution in [0.3, 0.4) is 0 Å². The van der Waals surface area contributed by atoms with Crippen LogP contribution >= 0.6 is 15.9 Å². The number of ether oxygens (including phenoxy) is 1. The molecule has 1 aromatic rings. The Morgan fingerprint density at radius 1 is 1.50 bits per heavy atom. The molecular weight excluding hydrogens is 320 g/mol. The maximum Gasteiger partial charge on any atom is 0.243 e. The lowest BCUT2D eigenvalue weighted by Gasteiger charge is -2.30. The highest BCUT2D eigenvalue weighted by Crippen LogP contribution is 2.25. The summed E-state index contributed by atoms with van der Waals surface area (Å²) in [5.74, 6) is 0. The standard InChI is InChI=1S/C11H15BrN2O3S/c1-8-7-14(4-5-17-8)18(15,16)9-2-3-11(13)10(12)6-9/h2-3,6,8H,4-5,7,13H2,1H3. The monoisotopic (exact) mass is 334 g/mol. The van der Waals surface area contributed by atoms with Crippen molar-refractivity contribution in [3.8, 4) is 0 Å². The molecule has 1 atom stereocenters. The number of anilines is 1. The van der Waals surface area contributed by atoms with Gasteiger partial charge in [-0.15, -0.1) is 0 Å². The zero-order valence-electron chi connectivity index (χ0n) is 9.97. The molecule has 1 saturated heterocycles. The lowest BCUT2D eigenvalue weighted by Crippen LogP contribution is -2.44. The predicted molar refractivity (Wildman–Crippen MR) is 72.7 cm³/mol. The lowest BCUT2D eigenvalue weighted by atomic mass is 10.3. The highest BCUT2D eigenvalue weighted by Gasteiger charge is 2.29. The van der Waals surface area contributed by atoms with E-state index in [0.29, 0.717) is 29.9 Å². The molecule has 100 valence electrons. The van der Waals surface area contributed by atoms with E-state index in [0.717, 1.165) is 0 Å². The van der Waals surface area contributed by atoms with Gasteiger partial charge in [-0.3, -0.25) is 0 Å². The molecule has 1 aliphatic heterocycles. The van der Waals surface area contributed by atoms with Crippen LogP contribution in [0.25, 0.3) is 0 Å². The van der Waals surface area contributed by atoms with Crippen LogP contribution in [0.15, 0.2) is 27.6 Å². The van der Waals surface area contributed by atoms with E-state index in [2.05, 4.69) is 15.9 Å². The fourth-order valence-corrected chi connectivity index (χ4v) is 3.88. The number of hydrogen-bond acceptors (Lipinski definition) is 4. The second kappa shape index (κ2) is 5.16. The highest BCUT2D eigenvalue weighted by atomic mass is 79.9. The summed E-state index contributed by atoms with van der Waals surface area (Å²) in [6.07, 6.45) is -0.0780. The zero-order valence-corrected chi connectivity index (χ0v) is 12.4. The summed E-state index contributed by atoms with van der Waals surface area (Å²) in [7, 11) is -3.47. The highest BCUT2D eigenvalue weighted by molar-refractivity contribution is 9.10. The van der Waals surface area contributed by atoms with Crippen molar-refractivity contribution in [1.82, 2.24) is 4.31 Å². The van der Waals surface area contributed by atoms with Gasteiger partial charge in [0.1, 0.15) is 0 Å². The van der Waals surface area contributed by atoms with Crippen molar-refractivity contribution in [3.63, 3.8) is 0 Å². The van der Waals surface area contributed by atoms with Gasteiger partial charge in [0, 0.05) is 23.2 Å². The van der Waals surface area contributed by atoms with Gasteiger partial charge >= 0.3 is 0 Å². The van der Waals surface area contributed by atoms with Gasteiger partial charge in [-0.2, -0.15) is 4.31 Å². The van der Waals surface area contributed by atoms with Gasteiger partial charge in [0.2, 0.25) is 10.0 Å². The number of sulfonamides is 1. The molecule has 0 bridgehead atoms. The lowest BCUT2D eigenvalue weighted by molar-refractivity contribution is 0.0102. The summed E-state index contributed by atoms with van der Waals surface area (Å²) in [5.41, 5.74) is 6.18. The summed E-state index contributed by atoms with van der Waals surface area (Å²) in [6, 6.07) is 4.64. The van der Waals surface area contributed by atoms with Gasteiger partial charge in [0.05, 0.1) is 17.6 Å². The summed E-state index contributed by atoms with van der Waals surface area (Å²) >= 11 is 3.24. The fraction of sp³-hybridized carbons (Fsp3) is 0.455. The van der Waals surface area contributed by atoms with Crippen molar-refractivity contribution in [2.75, 3.05) is 25.4 Å². The number of rotatable bonds is 2. The third-order valence-corrected chi connectivity index (χ3v) is 5.36. The summed E-state index contributed by atoms with van der Waals surface area (Å²) < 4.78 is 32.2. The van der Waals surface area contributed by atoms with Crippen molar-refractivity contribution in [2.45, 2.75) is 17.9 Å². The van der Waals surface area contributed by atoms with Gasteiger partial charge in [0.25, 0.3) is 0 Å². The molecule has 1 aromatic carbocycles. The summed E-state index contributed by atoms with van der Waals surface area (Å²) in [4.78, 5) is 0.248. The van der Waals surface area contributed by atoms with Crippen LogP contribution in [-0.4, -0.2) is 38.5 Å². The van der Waals surface area contributed by atoms with E-state index in [9.17, 15) is 8.42 Å². The molecular formula is C11H15BrN2O3S. The van der Waals surface area contributed by atoms with E-state index in [1.165, 1.54) is 16.4 Å². The van der Waals surface area contributed by atoms with Crippen LogP contribution in [0.5, 0.6) is 0 Å². The Kier molecular flexibility index (Phi) is 3.96. The zero-order chi connectivity index (χ0) is 13.3. The third kappa shape index (κ3) is 2.69. The fourth-order valence-electron chi connectivity index (χ4n) is 1.82. The van der Waals surface area contributed by atoms with Gasteiger partial charge in [-0.25, -0.2) is 8.42 Å². The van der Waals surface area contributed by atoms with Crippen LogP contribution in [-0.2, 0) is 14.8 Å². The number of halogens is 1. The van der Waals surface area contributed by atoms with Crippen molar-refractivity contribution in [1.29, 1.82) is 0 Å². The Hall–Kier alpha value is -0.630. The van der Waals surface area contributed by atoms with Crippen LogP contribution in [0, 0.1) is 0 Å². The number of nitrogens with zero attached hydrogens (tertiary/aromatic N) is 1. The van der Waals surface area contributed by atoms with E-state index in [1.54, 1.807) is 6.07 Å². The first kappa shape index (κ1) is 13.8. The smallest absolute Gasteiger partial charge is 0.243 e. The molecule has 0 amide bonds. The van der Waals surface area contributed by atoms with E-state index >= 15 is 0 Å². The molecule has 1 aliphatic rings. The normalized spacial score (nSPS) is 22.0. The van der Waals surface area contributed by atoms with Gasteiger partial charge in [0.15, 0.2) is 0 Å². The maximum atomic E-state index is 12.4. The topological polar surface area (TPSA) is 72.6 Å². The minimum absolute atomic E-state index is 0.0780. The molecule has 0 aromatic heterocycles. The van der Waals surface area contributed by atoms with Crippen LogP contribution in [0.1, 0.15) is 6.92 Å². The minimum Gasteiger partial charge on any atom is -0.398 e. The van der Waals surface area contributed by atoms with E-state index in [4.69, 9.17) is 10.5 Å². The van der Waals surface area contributed by atoms with Crippen LogP contribution in [0.2, 0.25) is 0 Å². The Morgan fingerprint density at radius 2 is 2.22 bits per heavy atom. The first-order valence-corrected chi connectivity index (χ1v) is 7.81. The molecule has 0 aliphatic carbocycles. The first-order chi connectivity index (χ1) is 8.41. The second-order valence-electron chi connectivity index (χ2n) is 4.23. The molecule has 0 spiro atoms. The van der Waals surface area contributed by atoms with Crippen molar-refractivity contribution in [2.24, 2.45) is 0 Å². The van der Waals surface area contributed by atoms with E-state index in [1.807, 2.05) is 6.92 Å². The second-order valence-corrected chi connectivity index (χ2v) is 7.02. The third-order valence-electron chi connectivity index (χ3n) is 2.81. The van der Waals surface area contributed by atoms with Gasteiger partial charge in [-0.1, -0.05) is 0 Å². The Bertz CT molecular complexity index is 547. The number of morpholine rings is 1. The van der Waals surface area contributed by atoms with Gasteiger partial charge in [-0.05, 0) is 41.1 Å². The minimum atomic E-state index is -3.47. The van der Waals surface area contributed by atoms with Crippen molar-refractivity contribution in [3.05, 3.63) is 22.7 Å². The van der Waals surface area contributed by atoms with Crippen LogP contribution < -0.4 is 5.73 Å². The van der Waals surface area contributed by atoms with E-state index < -0.39 is 10.0 Å². The molecule has 0 radical (unpaired) electrons. The molecule has 7 heteroatoms. The molecule has 0 saturated carbocycles. The molecule has 2 N–H and O–H groups in total. The summed E-state index contributed by atoms with van der Waals surface area (Å²) in [5, 5.41) is 0. The van der Waals surface area contributed by atoms with Gasteiger partial charge < -0.3 is 10.5 Å². The molecule has 1 heterocycles. The average Bonchev–Trinajstić information content (AvgIpc) is 2.32. The molecule has 5 nitrogen and oxygen atoms in total. The number of nitrogens with two attached hydrogens (primary N) is 1. The maximum absolute atomic E-state index is 12.4. The Balaban J connectivity index is 2.32. The Labute approximate surface area is 115 Å². The quantitative estimate of drug-likeness (QED) is 0.830. The molecule has 1 fully saturated rings. The average molecular weight is 335 g/mol. The Morgan fingerprint density at radius 3 is 2.83 bits per heavy atom. The van der Waals surface area contributed by atoms with E-state index in [-0.39, 0.29) is 11.0 Å². The molecule has 1 unspecified atom stereocenters. The molecule has 2 rings (SSSR count). The molecule has 18 heavy (non-hydrogen) atoms. The predicted octanol–water partition coefficient (Wildman–Crippen LogP) is 1.44. The largest absolute Gasteiger partial charge is 0.398 e. The van der Waals surface area contributed by atoms with Crippen molar-refractivity contribution < 1.29 is 13.2 Å². The number of benzene rings is 1. The number of nitrogen functional groups attached to an aromatic ring is 1. The van der Waals surface area contributed by atoms with Crippen LogP contribution in [0.4, 0.5) is 5.69 Å². The SMILES string of the molecule is CC1CN(S(=O)(=O)c2ccc(N)c(Br)c2)CCO1.